The van der Waals surface area contributed by atoms with Gasteiger partial charge in [0.05, 0.1) is 11.9 Å². The number of halogens is 2. The van der Waals surface area contributed by atoms with Gasteiger partial charge in [0.2, 0.25) is 0 Å². The lowest BCUT2D eigenvalue weighted by molar-refractivity contribution is 0.607. The van der Waals surface area contributed by atoms with Crippen molar-refractivity contribution in [2.24, 2.45) is 0 Å². The summed E-state index contributed by atoms with van der Waals surface area (Å²) in [5.41, 5.74) is 1.15. The summed E-state index contributed by atoms with van der Waals surface area (Å²) in [4.78, 5) is 0. The molecule has 1 heterocycles. The standard InChI is InChI=1S/C12H12ClFN4/c13-8-1-4-12(11(14)5-8)18-7-10(16-17-18)6-15-9-2-3-9/h1,4-5,7,9,15H,2-3,6H2. The molecule has 94 valence electrons. The molecule has 0 bridgehead atoms. The third kappa shape index (κ3) is 2.52. The van der Waals surface area contributed by atoms with Crippen molar-refractivity contribution in [2.75, 3.05) is 0 Å². The quantitative estimate of drug-likeness (QED) is 0.923. The third-order valence-electron chi connectivity index (χ3n) is 2.85. The summed E-state index contributed by atoms with van der Waals surface area (Å²) < 4.78 is 15.1. The maximum Gasteiger partial charge on any atom is 0.150 e. The van der Waals surface area contributed by atoms with Crippen LogP contribution < -0.4 is 5.32 Å². The summed E-state index contributed by atoms with van der Waals surface area (Å²) in [7, 11) is 0. The molecule has 1 aliphatic rings. The molecule has 6 heteroatoms. The Bertz CT molecular complexity index is 565. The summed E-state index contributed by atoms with van der Waals surface area (Å²) in [6.07, 6.45) is 4.17. The monoisotopic (exact) mass is 266 g/mol. The van der Waals surface area contributed by atoms with Gasteiger partial charge in [0.25, 0.3) is 0 Å². The highest BCUT2D eigenvalue weighted by Gasteiger charge is 2.20. The number of nitrogens with zero attached hydrogens (tertiary/aromatic N) is 3. The van der Waals surface area contributed by atoms with Crippen LogP contribution in [0.1, 0.15) is 18.5 Å². The van der Waals surface area contributed by atoms with Gasteiger partial charge in [0.15, 0.2) is 0 Å². The summed E-state index contributed by atoms with van der Waals surface area (Å²) in [5, 5.41) is 11.6. The molecule has 2 aromatic rings. The maximum absolute atomic E-state index is 13.7. The molecule has 1 aromatic heterocycles. The van der Waals surface area contributed by atoms with Crippen molar-refractivity contribution in [3.63, 3.8) is 0 Å². The molecule has 4 nitrogen and oxygen atoms in total. The topological polar surface area (TPSA) is 42.7 Å². The Kier molecular flexibility index (Phi) is 3.01. The SMILES string of the molecule is Fc1cc(Cl)ccc1-n1cc(CNC2CC2)nn1. The Labute approximate surface area is 109 Å². The first-order valence-corrected chi connectivity index (χ1v) is 6.20. The Morgan fingerprint density at radius 3 is 3.00 bits per heavy atom. The molecule has 1 aromatic carbocycles. The zero-order valence-corrected chi connectivity index (χ0v) is 10.4. The number of rotatable bonds is 4. The molecule has 3 rings (SSSR count). The fourth-order valence-electron chi connectivity index (χ4n) is 1.70. The molecule has 1 aliphatic carbocycles. The second kappa shape index (κ2) is 4.66. The van der Waals surface area contributed by atoms with Crippen molar-refractivity contribution in [2.45, 2.75) is 25.4 Å². The van der Waals surface area contributed by atoms with E-state index in [1.165, 1.54) is 23.6 Å². The third-order valence-corrected chi connectivity index (χ3v) is 3.08. The number of hydrogen-bond donors (Lipinski definition) is 1. The van der Waals surface area contributed by atoms with E-state index in [1.807, 2.05) is 0 Å². The van der Waals surface area contributed by atoms with Gasteiger partial charge < -0.3 is 5.32 Å². The van der Waals surface area contributed by atoms with Crippen LogP contribution in [-0.2, 0) is 6.54 Å². The van der Waals surface area contributed by atoms with E-state index in [0.717, 1.165) is 5.69 Å². The van der Waals surface area contributed by atoms with E-state index in [2.05, 4.69) is 15.6 Å². The Morgan fingerprint density at radius 2 is 2.28 bits per heavy atom. The van der Waals surface area contributed by atoms with Crippen LogP contribution >= 0.6 is 11.6 Å². The van der Waals surface area contributed by atoms with Gasteiger partial charge in [-0.3, -0.25) is 0 Å². The van der Waals surface area contributed by atoms with Gasteiger partial charge in [-0.25, -0.2) is 9.07 Å². The molecular weight excluding hydrogens is 255 g/mol. The van der Waals surface area contributed by atoms with E-state index in [1.54, 1.807) is 18.3 Å². The molecule has 0 unspecified atom stereocenters. The molecule has 0 saturated heterocycles. The highest BCUT2D eigenvalue weighted by Crippen LogP contribution is 2.20. The van der Waals surface area contributed by atoms with E-state index < -0.39 is 5.82 Å². The molecule has 1 N–H and O–H groups in total. The Hall–Kier alpha value is -1.46. The summed E-state index contributed by atoms with van der Waals surface area (Å²) >= 11 is 5.71. The lowest BCUT2D eigenvalue weighted by Crippen LogP contribution is -2.15. The first-order chi connectivity index (χ1) is 8.72. The minimum absolute atomic E-state index is 0.351. The summed E-state index contributed by atoms with van der Waals surface area (Å²) in [6, 6.07) is 5.09. The molecule has 0 radical (unpaired) electrons. The van der Waals surface area contributed by atoms with Gasteiger partial charge in [0, 0.05) is 17.6 Å². The van der Waals surface area contributed by atoms with Crippen LogP contribution in [0.5, 0.6) is 0 Å². The molecule has 0 amide bonds. The predicted octanol–water partition coefficient (Wildman–Crippen LogP) is 2.31. The molecular formula is C12H12ClFN4. The Morgan fingerprint density at radius 1 is 1.44 bits per heavy atom. The van der Waals surface area contributed by atoms with Gasteiger partial charge in [0.1, 0.15) is 11.5 Å². The largest absolute Gasteiger partial charge is 0.308 e. The number of nitrogens with one attached hydrogen (secondary N) is 1. The lowest BCUT2D eigenvalue weighted by atomic mass is 10.3. The van der Waals surface area contributed by atoms with Gasteiger partial charge in [-0.05, 0) is 31.0 Å². The zero-order valence-electron chi connectivity index (χ0n) is 9.61. The fraction of sp³-hybridized carbons (Fsp3) is 0.333. The zero-order chi connectivity index (χ0) is 12.5. The normalized spacial score (nSPS) is 15.0. The van der Waals surface area contributed by atoms with E-state index >= 15 is 0 Å². The van der Waals surface area contributed by atoms with Crippen LogP contribution in [0.25, 0.3) is 5.69 Å². The molecule has 18 heavy (non-hydrogen) atoms. The lowest BCUT2D eigenvalue weighted by Gasteiger charge is -2.01. The van der Waals surface area contributed by atoms with Gasteiger partial charge in [-0.1, -0.05) is 16.8 Å². The van der Waals surface area contributed by atoms with Crippen LogP contribution in [0.3, 0.4) is 0 Å². The highest BCUT2D eigenvalue weighted by atomic mass is 35.5. The molecule has 1 fully saturated rings. The van der Waals surface area contributed by atoms with Crippen LogP contribution in [0.15, 0.2) is 24.4 Å². The summed E-state index contributed by atoms with van der Waals surface area (Å²) in [6.45, 7) is 0.667. The van der Waals surface area contributed by atoms with Crippen LogP contribution in [-0.4, -0.2) is 21.0 Å². The number of benzene rings is 1. The van der Waals surface area contributed by atoms with Gasteiger partial charge in [-0.15, -0.1) is 5.10 Å². The van der Waals surface area contributed by atoms with Crippen LogP contribution in [0.2, 0.25) is 5.02 Å². The number of aromatic nitrogens is 3. The van der Waals surface area contributed by atoms with Crippen LogP contribution in [0.4, 0.5) is 4.39 Å². The minimum Gasteiger partial charge on any atom is -0.308 e. The first kappa shape index (κ1) is 11.6. The average molecular weight is 267 g/mol. The van der Waals surface area contributed by atoms with Gasteiger partial charge in [-0.2, -0.15) is 0 Å². The molecule has 1 saturated carbocycles. The maximum atomic E-state index is 13.7. The Balaban J connectivity index is 1.78. The van der Waals surface area contributed by atoms with E-state index in [0.29, 0.717) is 23.3 Å². The van der Waals surface area contributed by atoms with Gasteiger partial charge >= 0.3 is 0 Å². The molecule has 0 aliphatic heterocycles. The predicted molar refractivity (Wildman–Crippen MR) is 66.2 cm³/mol. The van der Waals surface area contributed by atoms with Crippen molar-refractivity contribution < 1.29 is 4.39 Å². The fourth-order valence-corrected chi connectivity index (χ4v) is 1.86. The minimum atomic E-state index is -0.408. The second-order valence-electron chi connectivity index (χ2n) is 4.41. The first-order valence-electron chi connectivity index (χ1n) is 5.82. The molecule has 0 spiro atoms. The summed E-state index contributed by atoms with van der Waals surface area (Å²) in [5.74, 6) is -0.408. The van der Waals surface area contributed by atoms with E-state index in [4.69, 9.17) is 11.6 Å². The van der Waals surface area contributed by atoms with Crippen molar-refractivity contribution >= 4 is 11.6 Å². The van der Waals surface area contributed by atoms with E-state index in [9.17, 15) is 4.39 Å². The van der Waals surface area contributed by atoms with Crippen molar-refractivity contribution in [1.82, 2.24) is 20.3 Å². The molecule has 0 atom stereocenters. The average Bonchev–Trinajstić information content (AvgIpc) is 3.05. The second-order valence-corrected chi connectivity index (χ2v) is 4.84. The highest BCUT2D eigenvalue weighted by molar-refractivity contribution is 6.30. The van der Waals surface area contributed by atoms with Crippen molar-refractivity contribution in [1.29, 1.82) is 0 Å². The van der Waals surface area contributed by atoms with E-state index in [-0.39, 0.29) is 0 Å². The smallest absolute Gasteiger partial charge is 0.150 e. The van der Waals surface area contributed by atoms with Crippen molar-refractivity contribution in [3.8, 4) is 5.69 Å². The number of hydrogen-bond acceptors (Lipinski definition) is 3. The van der Waals surface area contributed by atoms with Crippen LogP contribution in [0, 0.1) is 5.82 Å². The van der Waals surface area contributed by atoms with Crippen molar-refractivity contribution in [3.05, 3.63) is 40.9 Å².